The fraction of sp³-hybridized carbons (Fsp3) is 0.478. The van der Waals surface area contributed by atoms with Gasteiger partial charge in [-0.25, -0.2) is 0 Å². The van der Waals surface area contributed by atoms with E-state index in [1.54, 1.807) is 7.11 Å². The molecular weight excluding hydrogens is 308 g/mol. The van der Waals surface area contributed by atoms with E-state index >= 15 is 0 Å². The van der Waals surface area contributed by atoms with Gasteiger partial charge in [-0.3, -0.25) is 0 Å². The second-order valence-corrected chi connectivity index (χ2v) is 8.13. The number of rotatable bonds is 5. The van der Waals surface area contributed by atoms with Crippen LogP contribution in [0.4, 0.5) is 0 Å². The van der Waals surface area contributed by atoms with E-state index in [1.165, 1.54) is 33.4 Å². The van der Waals surface area contributed by atoms with Crippen LogP contribution < -0.4 is 9.47 Å². The lowest BCUT2D eigenvalue weighted by molar-refractivity contribution is 0.313. The summed E-state index contributed by atoms with van der Waals surface area (Å²) in [5.74, 6) is 1.99. The molecule has 2 heteroatoms. The minimum Gasteiger partial charge on any atom is -0.496 e. The predicted molar refractivity (Wildman–Crippen MR) is 105 cm³/mol. The molecule has 2 nitrogen and oxygen atoms in total. The van der Waals surface area contributed by atoms with Crippen molar-refractivity contribution in [2.45, 2.75) is 53.9 Å². The SMILES string of the molecule is CCCOc1c(C)cc(-c2cc3c(cc2OC)CC(C)(C)C3)cc1C. The van der Waals surface area contributed by atoms with E-state index in [0.717, 1.165) is 37.4 Å². The van der Waals surface area contributed by atoms with Gasteiger partial charge in [0.25, 0.3) is 0 Å². The number of benzene rings is 2. The standard InChI is InChI=1S/C23H30O2/c1-7-8-25-22-15(2)9-17(10-16(22)3)20-11-18-13-23(4,5)14-19(18)12-21(20)24-6/h9-12H,7-8,13-14H2,1-6H3. The molecule has 134 valence electrons. The molecule has 0 bridgehead atoms. The molecule has 1 aliphatic carbocycles. The number of aryl methyl sites for hydroxylation is 2. The summed E-state index contributed by atoms with van der Waals surface area (Å²) >= 11 is 0. The van der Waals surface area contributed by atoms with E-state index in [-0.39, 0.29) is 0 Å². The number of hydrogen-bond acceptors (Lipinski definition) is 2. The molecule has 0 amide bonds. The van der Waals surface area contributed by atoms with Crippen LogP contribution in [0.5, 0.6) is 11.5 Å². The average Bonchev–Trinajstić information content (AvgIpc) is 2.85. The maximum atomic E-state index is 5.93. The lowest BCUT2D eigenvalue weighted by Crippen LogP contribution is -2.09. The molecule has 0 saturated carbocycles. The van der Waals surface area contributed by atoms with Gasteiger partial charge in [0.15, 0.2) is 0 Å². The zero-order valence-electron chi connectivity index (χ0n) is 16.5. The maximum absolute atomic E-state index is 5.93. The van der Waals surface area contributed by atoms with E-state index in [9.17, 15) is 0 Å². The molecule has 0 unspecified atom stereocenters. The van der Waals surface area contributed by atoms with Gasteiger partial charge in [-0.2, -0.15) is 0 Å². The molecule has 25 heavy (non-hydrogen) atoms. The average molecular weight is 338 g/mol. The summed E-state index contributed by atoms with van der Waals surface area (Å²) in [6.45, 7) is 11.8. The van der Waals surface area contributed by atoms with Crippen molar-refractivity contribution in [3.63, 3.8) is 0 Å². The zero-order valence-corrected chi connectivity index (χ0v) is 16.5. The van der Waals surface area contributed by atoms with Crippen LogP contribution in [0.2, 0.25) is 0 Å². The Kier molecular flexibility index (Phi) is 4.81. The summed E-state index contributed by atoms with van der Waals surface area (Å²) in [6, 6.07) is 9.03. The maximum Gasteiger partial charge on any atom is 0.126 e. The van der Waals surface area contributed by atoms with Crippen molar-refractivity contribution in [3.05, 3.63) is 46.5 Å². The third-order valence-electron chi connectivity index (χ3n) is 5.08. The van der Waals surface area contributed by atoms with E-state index < -0.39 is 0 Å². The van der Waals surface area contributed by atoms with Crippen LogP contribution in [0.25, 0.3) is 11.1 Å². The van der Waals surface area contributed by atoms with Crippen molar-refractivity contribution in [1.29, 1.82) is 0 Å². The number of fused-ring (bicyclic) bond motifs is 1. The van der Waals surface area contributed by atoms with Crippen molar-refractivity contribution in [1.82, 2.24) is 0 Å². The lowest BCUT2D eigenvalue weighted by atomic mass is 9.90. The second-order valence-electron chi connectivity index (χ2n) is 8.13. The van der Waals surface area contributed by atoms with Crippen molar-refractivity contribution in [2.75, 3.05) is 13.7 Å². The highest BCUT2D eigenvalue weighted by Gasteiger charge is 2.29. The molecule has 0 atom stereocenters. The van der Waals surface area contributed by atoms with Gasteiger partial charge in [-0.05, 0) is 90.6 Å². The Bertz CT molecular complexity index is 764. The van der Waals surface area contributed by atoms with Gasteiger partial charge < -0.3 is 9.47 Å². The summed E-state index contributed by atoms with van der Waals surface area (Å²) < 4.78 is 11.7. The molecule has 0 aromatic heterocycles. The fourth-order valence-electron chi connectivity index (χ4n) is 4.02. The highest BCUT2D eigenvalue weighted by molar-refractivity contribution is 5.75. The molecule has 2 aromatic carbocycles. The first-order chi connectivity index (χ1) is 11.8. The van der Waals surface area contributed by atoms with Gasteiger partial charge in [0, 0.05) is 5.56 Å². The van der Waals surface area contributed by atoms with Gasteiger partial charge in [0.05, 0.1) is 13.7 Å². The summed E-state index contributed by atoms with van der Waals surface area (Å²) in [6.07, 6.45) is 3.28. The molecule has 0 heterocycles. The largest absolute Gasteiger partial charge is 0.496 e. The molecule has 0 aliphatic heterocycles. The van der Waals surface area contributed by atoms with Crippen molar-refractivity contribution < 1.29 is 9.47 Å². The van der Waals surface area contributed by atoms with Crippen LogP contribution in [0.1, 0.15) is 49.4 Å². The van der Waals surface area contributed by atoms with E-state index in [1.807, 2.05) is 0 Å². The Labute approximate surface area is 152 Å². The molecular formula is C23H30O2. The summed E-state index contributed by atoms with van der Waals surface area (Å²) in [5.41, 5.74) is 8.01. The first-order valence-corrected chi connectivity index (χ1v) is 9.29. The van der Waals surface area contributed by atoms with Crippen LogP contribution in [-0.2, 0) is 12.8 Å². The Hall–Kier alpha value is -1.96. The second kappa shape index (κ2) is 6.74. The normalized spacial score (nSPS) is 15.1. The van der Waals surface area contributed by atoms with Gasteiger partial charge in [-0.1, -0.05) is 20.8 Å². The Morgan fingerprint density at radius 1 is 0.960 bits per heavy atom. The van der Waals surface area contributed by atoms with E-state index in [2.05, 4.69) is 58.9 Å². The quantitative estimate of drug-likeness (QED) is 0.676. The van der Waals surface area contributed by atoms with Crippen molar-refractivity contribution in [2.24, 2.45) is 5.41 Å². The summed E-state index contributed by atoms with van der Waals surface area (Å²) in [7, 11) is 1.77. The smallest absolute Gasteiger partial charge is 0.126 e. The highest BCUT2D eigenvalue weighted by atomic mass is 16.5. The highest BCUT2D eigenvalue weighted by Crippen LogP contribution is 2.43. The number of methoxy groups -OCH3 is 1. The molecule has 0 spiro atoms. The Morgan fingerprint density at radius 3 is 2.12 bits per heavy atom. The molecule has 0 fully saturated rings. The fourth-order valence-corrected chi connectivity index (χ4v) is 4.02. The molecule has 0 saturated heterocycles. The molecule has 3 rings (SSSR count). The topological polar surface area (TPSA) is 18.5 Å². The summed E-state index contributed by atoms with van der Waals surface area (Å²) in [4.78, 5) is 0. The van der Waals surface area contributed by atoms with Gasteiger partial charge >= 0.3 is 0 Å². The first kappa shape index (κ1) is 17.8. The molecule has 0 radical (unpaired) electrons. The van der Waals surface area contributed by atoms with Crippen LogP contribution >= 0.6 is 0 Å². The van der Waals surface area contributed by atoms with Crippen molar-refractivity contribution >= 4 is 0 Å². The third kappa shape index (κ3) is 3.53. The van der Waals surface area contributed by atoms with Gasteiger partial charge in [-0.15, -0.1) is 0 Å². The van der Waals surface area contributed by atoms with E-state index in [0.29, 0.717) is 5.41 Å². The minimum absolute atomic E-state index is 0.343. The predicted octanol–water partition coefficient (Wildman–Crippen LogP) is 5.89. The van der Waals surface area contributed by atoms with Gasteiger partial charge in [0.1, 0.15) is 11.5 Å². The van der Waals surface area contributed by atoms with Gasteiger partial charge in [0.2, 0.25) is 0 Å². The Balaban J connectivity index is 2.05. The minimum atomic E-state index is 0.343. The third-order valence-corrected chi connectivity index (χ3v) is 5.08. The zero-order chi connectivity index (χ0) is 18.2. The molecule has 1 aliphatic rings. The van der Waals surface area contributed by atoms with Crippen molar-refractivity contribution in [3.8, 4) is 22.6 Å². The molecule has 2 aromatic rings. The first-order valence-electron chi connectivity index (χ1n) is 9.29. The number of hydrogen-bond donors (Lipinski definition) is 0. The Morgan fingerprint density at radius 2 is 1.56 bits per heavy atom. The summed E-state index contributed by atoms with van der Waals surface area (Å²) in [5, 5.41) is 0. The van der Waals surface area contributed by atoms with E-state index in [4.69, 9.17) is 9.47 Å². The number of ether oxygens (including phenoxy) is 2. The van der Waals surface area contributed by atoms with Crippen LogP contribution in [0.15, 0.2) is 24.3 Å². The monoisotopic (exact) mass is 338 g/mol. The van der Waals surface area contributed by atoms with Crippen LogP contribution in [0, 0.1) is 19.3 Å². The lowest BCUT2D eigenvalue weighted by Gasteiger charge is -2.16. The van der Waals surface area contributed by atoms with Crippen LogP contribution in [0.3, 0.4) is 0 Å². The van der Waals surface area contributed by atoms with Crippen LogP contribution in [-0.4, -0.2) is 13.7 Å². The molecule has 0 N–H and O–H groups in total.